The van der Waals surface area contributed by atoms with Crippen LogP contribution in [0.5, 0.6) is 0 Å². The van der Waals surface area contributed by atoms with E-state index in [4.69, 9.17) is 42.6 Å². The van der Waals surface area contributed by atoms with Crippen LogP contribution >= 0.6 is 0 Å². The molecule has 204 valence electrons. The summed E-state index contributed by atoms with van der Waals surface area (Å²) in [5.41, 5.74) is 0. The predicted molar refractivity (Wildman–Crippen MR) is 127 cm³/mol. The molecule has 35 heavy (non-hydrogen) atoms. The average Bonchev–Trinajstić information content (AvgIpc) is 3.50. The smallest absolute Gasteiger partial charge is 0.309 e. The Morgan fingerprint density at radius 1 is 0.571 bits per heavy atom. The number of hydrogen-bond acceptors (Lipinski definition) is 10. The van der Waals surface area contributed by atoms with Crippen LogP contribution in [0.4, 0.5) is 0 Å². The lowest BCUT2D eigenvalue weighted by molar-refractivity contribution is -0.151. The van der Waals surface area contributed by atoms with Gasteiger partial charge in [0.1, 0.15) is 6.61 Å². The molecule has 0 aromatic heterocycles. The number of carbonyl (C=O) groups is 1. The molecule has 2 aliphatic rings. The normalized spacial score (nSPS) is 20.7. The Kier molecular flexibility index (Phi) is 18.1. The predicted octanol–water partition coefficient (Wildman–Crippen LogP) is 1.50. The summed E-state index contributed by atoms with van der Waals surface area (Å²) in [4.78, 5) is 12.1. The van der Waals surface area contributed by atoms with Crippen molar-refractivity contribution in [3.8, 4) is 0 Å². The zero-order chi connectivity index (χ0) is 24.8. The lowest BCUT2D eigenvalue weighted by atomic mass is 9.94. The van der Waals surface area contributed by atoms with Crippen molar-refractivity contribution in [3.05, 3.63) is 12.2 Å². The molecule has 0 amide bonds. The molecule has 3 unspecified atom stereocenters. The van der Waals surface area contributed by atoms with Crippen LogP contribution in [0.2, 0.25) is 0 Å². The third-order valence-electron chi connectivity index (χ3n) is 5.72. The molecule has 1 fully saturated rings. The number of carbonyl (C=O) groups excluding carboxylic acids is 1. The van der Waals surface area contributed by atoms with E-state index in [-0.39, 0.29) is 11.9 Å². The first-order valence-corrected chi connectivity index (χ1v) is 12.7. The Balaban J connectivity index is 1.19. The first kappa shape index (κ1) is 30.1. The SMILES string of the molecule is COCCOCCOCCOCCOCCOCCOCCOCCOC(=O)C1CC2C=CC1C2. The quantitative estimate of drug-likeness (QED) is 0.103. The molecule has 2 rings (SSSR count). The fourth-order valence-electron chi connectivity index (χ4n) is 3.92. The molecule has 0 N–H and O–H groups in total. The summed E-state index contributed by atoms with van der Waals surface area (Å²) in [6.07, 6.45) is 6.41. The zero-order valence-electron chi connectivity index (χ0n) is 21.2. The van der Waals surface area contributed by atoms with Crippen molar-refractivity contribution >= 4 is 5.97 Å². The summed E-state index contributed by atoms with van der Waals surface area (Å²) in [5, 5.41) is 0. The van der Waals surface area contributed by atoms with Crippen LogP contribution in [0.3, 0.4) is 0 Å². The standard InChI is InChI=1S/C25H44O10/c1-27-4-5-28-6-7-29-8-9-30-10-11-31-12-13-32-14-15-33-16-17-34-18-19-35-25(26)24-21-22-2-3-23(24)20-22/h2-3,22-24H,4-21H2,1H3. The van der Waals surface area contributed by atoms with Crippen molar-refractivity contribution in [3.63, 3.8) is 0 Å². The molecular formula is C25H44O10. The Morgan fingerprint density at radius 2 is 0.971 bits per heavy atom. The van der Waals surface area contributed by atoms with Crippen LogP contribution in [-0.4, -0.2) is 119 Å². The lowest BCUT2D eigenvalue weighted by Crippen LogP contribution is -2.23. The lowest BCUT2D eigenvalue weighted by Gasteiger charge is -2.16. The minimum atomic E-state index is -0.0866. The maximum Gasteiger partial charge on any atom is 0.309 e. The maximum absolute atomic E-state index is 12.1. The van der Waals surface area contributed by atoms with E-state index in [1.807, 2.05) is 0 Å². The Labute approximate surface area is 209 Å². The van der Waals surface area contributed by atoms with E-state index in [2.05, 4.69) is 12.2 Å². The van der Waals surface area contributed by atoms with Crippen molar-refractivity contribution in [2.45, 2.75) is 12.8 Å². The van der Waals surface area contributed by atoms with Crippen LogP contribution in [0.15, 0.2) is 12.2 Å². The van der Waals surface area contributed by atoms with Gasteiger partial charge in [0.15, 0.2) is 0 Å². The summed E-state index contributed by atoms with van der Waals surface area (Å²) >= 11 is 0. The Bertz CT molecular complexity index is 544. The van der Waals surface area contributed by atoms with Crippen molar-refractivity contribution in [2.75, 3.05) is 113 Å². The number of esters is 1. The Hall–Kier alpha value is -1.11. The number of rotatable bonds is 25. The second-order valence-electron chi connectivity index (χ2n) is 8.33. The van der Waals surface area contributed by atoms with Crippen LogP contribution < -0.4 is 0 Å². The maximum atomic E-state index is 12.1. The van der Waals surface area contributed by atoms with Crippen LogP contribution in [0.25, 0.3) is 0 Å². The molecule has 2 bridgehead atoms. The number of hydrogen-bond donors (Lipinski definition) is 0. The molecule has 0 aromatic rings. The van der Waals surface area contributed by atoms with E-state index >= 15 is 0 Å². The average molecular weight is 505 g/mol. The minimum Gasteiger partial charge on any atom is -0.463 e. The topological polar surface area (TPSA) is 100 Å². The molecule has 1 saturated carbocycles. The highest BCUT2D eigenvalue weighted by atomic mass is 16.6. The molecule has 2 aliphatic carbocycles. The van der Waals surface area contributed by atoms with Gasteiger partial charge in [-0.15, -0.1) is 0 Å². The van der Waals surface area contributed by atoms with E-state index in [1.165, 1.54) is 0 Å². The molecule has 0 aromatic carbocycles. The molecule has 0 spiro atoms. The first-order chi connectivity index (χ1) is 17.3. The minimum absolute atomic E-state index is 0.0417. The third-order valence-corrected chi connectivity index (χ3v) is 5.72. The van der Waals surface area contributed by atoms with E-state index < -0.39 is 0 Å². The van der Waals surface area contributed by atoms with Crippen molar-refractivity contribution in [1.82, 2.24) is 0 Å². The molecule has 0 radical (unpaired) electrons. The second kappa shape index (κ2) is 21.0. The van der Waals surface area contributed by atoms with Gasteiger partial charge < -0.3 is 42.6 Å². The monoisotopic (exact) mass is 504 g/mol. The Morgan fingerprint density at radius 3 is 1.31 bits per heavy atom. The van der Waals surface area contributed by atoms with E-state index in [1.54, 1.807) is 7.11 Å². The highest BCUT2D eigenvalue weighted by molar-refractivity contribution is 5.74. The molecular weight excluding hydrogens is 460 g/mol. The van der Waals surface area contributed by atoms with Gasteiger partial charge in [-0.05, 0) is 24.7 Å². The van der Waals surface area contributed by atoms with Gasteiger partial charge in [0.2, 0.25) is 0 Å². The van der Waals surface area contributed by atoms with Gasteiger partial charge in [-0.3, -0.25) is 4.79 Å². The fourth-order valence-corrected chi connectivity index (χ4v) is 3.92. The highest BCUT2D eigenvalue weighted by Crippen LogP contribution is 2.43. The summed E-state index contributed by atoms with van der Waals surface area (Å²) in [5.74, 6) is 0.904. The number of methoxy groups -OCH3 is 1. The third kappa shape index (κ3) is 14.9. The van der Waals surface area contributed by atoms with Crippen molar-refractivity contribution < 1.29 is 47.4 Å². The molecule has 0 aliphatic heterocycles. The van der Waals surface area contributed by atoms with Gasteiger partial charge in [0, 0.05) is 7.11 Å². The number of fused-ring (bicyclic) bond motifs is 2. The van der Waals surface area contributed by atoms with Crippen LogP contribution in [0, 0.1) is 17.8 Å². The highest BCUT2D eigenvalue weighted by Gasteiger charge is 2.40. The van der Waals surface area contributed by atoms with Gasteiger partial charge in [0.05, 0.1) is 105 Å². The number of ether oxygens (including phenoxy) is 9. The molecule has 10 nitrogen and oxygen atoms in total. The van der Waals surface area contributed by atoms with E-state index in [9.17, 15) is 4.79 Å². The van der Waals surface area contributed by atoms with Gasteiger partial charge in [0.25, 0.3) is 0 Å². The first-order valence-electron chi connectivity index (χ1n) is 12.7. The van der Waals surface area contributed by atoms with Crippen molar-refractivity contribution in [2.24, 2.45) is 17.8 Å². The molecule has 3 atom stereocenters. The summed E-state index contributed by atoms with van der Waals surface area (Å²) in [6, 6.07) is 0. The van der Waals surface area contributed by atoms with E-state index in [0.29, 0.717) is 118 Å². The molecule has 0 heterocycles. The van der Waals surface area contributed by atoms with Crippen LogP contribution in [-0.2, 0) is 47.4 Å². The largest absolute Gasteiger partial charge is 0.463 e. The van der Waals surface area contributed by atoms with Gasteiger partial charge >= 0.3 is 5.97 Å². The fraction of sp³-hybridized carbons (Fsp3) is 0.880. The number of allylic oxidation sites excluding steroid dienone is 2. The van der Waals surface area contributed by atoms with E-state index in [0.717, 1.165) is 12.8 Å². The van der Waals surface area contributed by atoms with Gasteiger partial charge in [-0.25, -0.2) is 0 Å². The van der Waals surface area contributed by atoms with Crippen LogP contribution in [0.1, 0.15) is 12.8 Å². The summed E-state index contributed by atoms with van der Waals surface area (Å²) in [7, 11) is 1.64. The second-order valence-corrected chi connectivity index (χ2v) is 8.33. The molecule has 10 heteroatoms. The summed E-state index contributed by atoms with van der Waals surface area (Å²) < 4.78 is 48.1. The van der Waals surface area contributed by atoms with Gasteiger partial charge in [-0.2, -0.15) is 0 Å². The molecule has 0 saturated heterocycles. The summed E-state index contributed by atoms with van der Waals surface area (Å²) in [6.45, 7) is 8.04. The van der Waals surface area contributed by atoms with Crippen molar-refractivity contribution in [1.29, 1.82) is 0 Å². The van der Waals surface area contributed by atoms with Gasteiger partial charge in [-0.1, -0.05) is 12.2 Å². The zero-order valence-corrected chi connectivity index (χ0v) is 21.2.